The van der Waals surface area contributed by atoms with Crippen molar-refractivity contribution in [2.45, 2.75) is 11.8 Å². The van der Waals surface area contributed by atoms with Gasteiger partial charge < -0.3 is 9.80 Å². The zero-order valence-electron chi connectivity index (χ0n) is 15.0. The number of sulfonamides is 1. The molecule has 1 saturated heterocycles. The Morgan fingerprint density at radius 1 is 1.00 bits per heavy atom. The van der Waals surface area contributed by atoms with Gasteiger partial charge in [-0.25, -0.2) is 8.42 Å². The lowest BCUT2D eigenvalue weighted by Crippen LogP contribution is -2.47. The average molecular weight is 373 g/mol. The van der Waals surface area contributed by atoms with Crippen LogP contribution in [0.4, 0.5) is 5.69 Å². The first-order valence-electron chi connectivity index (χ1n) is 8.52. The predicted octanol–water partition coefficient (Wildman–Crippen LogP) is 2.18. The zero-order valence-corrected chi connectivity index (χ0v) is 15.8. The van der Waals surface area contributed by atoms with E-state index in [1.807, 2.05) is 26.1 Å². The van der Waals surface area contributed by atoms with E-state index in [0.717, 1.165) is 18.7 Å². The van der Waals surface area contributed by atoms with Crippen molar-refractivity contribution in [3.05, 3.63) is 59.7 Å². The molecule has 1 aliphatic heterocycles. The van der Waals surface area contributed by atoms with Gasteiger partial charge in [0.1, 0.15) is 0 Å². The Balaban J connectivity index is 1.79. The first kappa shape index (κ1) is 18.4. The monoisotopic (exact) mass is 373 g/mol. The second kappa shape index (κ2) is 7.47. The van der Waals surface area contributed by atoms with Crippen LogP contribution in [-0.2, 0) is 10.0 Å². The highest BCUT2D eigenvalue weighted by Gasteiger charge is 2.22. The molecule has 2 aromatic carbocycles. The van der Waals surface area contributed by atoms with Crippen LogP contribution in [0.15, 0.2) is 53.4 Å². The highest BCUT2D eigenvalue weighted by molar-refractivity contribution is 7.92. The maximum Gasteiger partial charge on any atom is 0.261 e. The summed E-state index contributed by atoms with van der Waals surface area (Å²) in [6, 6.07) is 13.3. The Kier molecular flexibility index (Phi) is 5.29. The average Bonchev–Trinajstić information content (AvgIpc) is 2.64. The molecule has 1 aliphatic rings. The number of nitrogens with zero attached hydrogens (tertiary/aromatic N) is 2. The number of likely N-dealkylation sites (N-methyl/N-ethyl adjacent to an activating group) is 1. The van der Waals surface area contributed by atoms with Crippen LogP contribution in [0.3, 0.4) is 0 Å². The van der Waals surface area contributed by atoms with Crippen molar-refractivity contribution in [3.63, 3.8) is 0 Å². The standard InChI is InChI=1S/C19H23N3O3S/c1-15-6-8-17(9-7-15)20-26(24,25)18-5-3-4-16(14-18)19(23)22-12-10-21(2)11-13-22/h3-9,14,20H,10-13H2,1-2H3. The second-order valence-corrected chi connectivity index (χ2v) is 8.28. The molecule has 7 heteroatoms. The summed E-state index contributed by atoms with van der Waals surface area (Å²) >= 11 is 0. The molecule has 1 fully saturated rings. The van der Waals surface area contributed by atoms with Crippen LogP contribution < -0.4 is 4.72 Å². The van der Waals surface area contributed by atoms with Crippen LogP contribution in [0.1, 0.15) is 15.9 Å². The van der Waals surface area contributed by atoms with Gasteiger partial charge >= 0.3 is 0 Å². The van der Waals surface area contributed by atoms with Crippen LogP contribution in [0.2, 0.25) is 0 Å². The Labute approximate surface area is 154 Å². The summed E-state index contributed by atoms with van der Waals surface area (Å²) in [6.07, 6.45) is 0. The molecule has 0 aromatic heterocycles. The molecule has 2 aromatic rings. The minimum atomic E-state index is -3.75. The number of aryl methyl sites for hydroxylation is 1. The first-order chi connectivity index (χ1) is 12.3. The van der Waals surface area contributed by atoms with E-state index in [1.54, 1.807) is 29.2 Å². The number of carbonyl (C=O) groups is 1. The number of carbonyl (C=O) groups excluding carboxylic acids is 1. The van der Waals surface area contributed by atoms with E-state index < -0.39 is 10.0 Å². The number of hydrogen-bond donors (Lipinski definition) is 1. The van der Waals surface area contributed by atoms with Gasteiger partial charge in [-0.3, -0.25) is 9.52 Å². The van der Waals surface area contributed by atoms with Crippen molar-refractivity contribution in [2.24, 2.45) is 0 Å². The van der Waals surface area contributed by atoms with Gasteiger partial charge in [-0.1, -0.05) is 23.8 Å². The lowest BCUT2D eigenvalue weighted by molar-refractivity contribution is 0.0664. The van der Waals surface area contributed by atoms with Gasteiger partial charge in [-0.05, 0) is 44.3 Å². The summed E-state index contributed by atoms with van der Waals surface area (Å²) in [5.74, 6) is -0.134. The van der Waals surface area contributed by atoms with Crippen molar-refractivity contribution in [3.8, 4) is 0 Å². The topological polar surface area (TPSA) is 69.7 Å². The van der Waals surface area contributed by atoms with Gasteiger partial charge in [0.2, 0.25) is 0 Å². The molecule has 0 unspecified atom stereocenters. The Bertz CT molecular complexity index is 887. The predicted molar refractivity (Wildman–Crippen MR) is 102 cm³/mol. The summed E-state index contributed by atoms with van der Waals surface area (Å²) in [7, 11) is -1.73. The number of amides is 1. The van der Waals surface area contributed by atoms with Crippen LogP contribution in [-0.4, -0.2) is 57.4 Å². The van der Waals surface area contributed by atoms with Crippen LogP contribution in [0.25, 0.3) is 0 Å². The second-order valence-electron chi connectivity index (χ2n) is 6.59. The number of rotatable bonds is 4. The Morgan fingerprint density at radius 2 is 1.65 bits per heavy atom. The fraction of sp³-hybridized carbons (Fsp3) is 0.316. The molecule has 0 aliphatic carbocycles. The SMILES string of the molecule is Cc1ccc(NS(=O)(=O)c2cccc(C(=O)N3CCN(C)CC3)c2)cc1. The molecule has 0 bridgehead atoms. The molecule has 138 valence electrons. The fourth-order valence-electron chi connectivity index (χ4n) is 2.82. The number of piperazine rings is 1. The van der Waals surface area contributed by atoms with Gasteiger partial charge in [0, 0.05) is 37.4 Å². The van der Waals surface area contributed by atoms with E-state index in [2.05, 4.69) is 9.62 Å². The molecule has 6 nitrogen and oxygen atoms in total. The van der Waals surface area contributed by atoms with E-state index in [-0.39, 0.29) is 10.8 Å². The third kappa shape index (κ3) is 4.23. The summed E-state index contributed by atoms with van der Waals surface area (Å²) in [6.45, 7) is 4.87. The summed E-state index contributed by atoms with van der Waals surface area (Å²) in [5, 5.41) is 0. The largest absolute Gasteiger partial charge is 0.336 e. The molecular weight excluding hydrogens is 350 g/mol. The molecule has 0 atom stereocenters. The molecule has 0 spiro atoms. The molecule has 0 radical (unpaired) electrons. The first-order valence-corrected chi connectivity index (χ1v) is 10.0. The molecule has 3 rings (SSSR count). The van der Waals surface area contributed by atoms with Crippen LogP contribution in [0, 0.1) is 6.92 Å². The van der Waals surface area contributed by atoms with Crippen LogP contribution in [0.5, 0.6) is 0 Å². The van der Waals surface area contributed by atoms with E-state index in [0.29, 0.717) is 24.3 Å². The summed E-state index contributed by atoms with van der Waals surface area (Å²) in [4.78, 5) is 16.7. The number of benzene rings is 2. The number of nitrogens with one attached hydrogen (secondary N) is 1. The van der Waals surface area contributed by atoms with E-state index >= 15 is 0 Å². The third-order valence-electron chi connectivity index (χ3n) is 4.49. The zero-order chi connectivity index (χ0) is 18.7. The molecule has 0 saturated carbocycles. The molecule has 26 heavy (non-hydrogen) atoms. The Morgan fingerprint density at radius 3 is 2.31 bits per heavy atom. The maximum atomic E-state index is 12.7. The van der Waals surface area contributed by atoms with Crippen molar-refractivity contribution in [2.75, 3.05) is 37.9 Å². The van der Waals surface area contributed by atoms with E-state index in [1.165, 1.54) is 12.1 Å². The number of anilines is 1. The van der Waals surface area contributed by atoms with Crippen molar-refractivity contribution in [1.29, 1.82) is 0 Å². The molecule has 1 N–H and O–H groups in total. The normalized spacial score (nSPS) is 15.7. The van der Waals surface area contributed by atoms with Crippen molar-refractivity contribution >= 4 is 21.6 Å². The lowest BCUT2D eigenvalue weighted by Gasteiger charge is -2.32. The molecule has 1 amide bonds. The van der Waals surface area contributed by atoms with Gasteiger partial charge in [0.05, 0.1) is 4.90 Å². The highest BCUT2D eigenvalue weighted by Crippen LogP contribution is 2.19. The van der Waals surface area contributed by atoms with E-state index in [4.69, 9.17) is 0 Å². The van der Waals surface area contributed by atoms with Crippen LogP contribution >= 0.6 is 0 Å². The smallest absolute Gasteiger partial charge is 0.261 e. The Hall–Kier alpha value is -2.38. The van der Waals surface area contributed by atoms with Gasteiger partial charge in [-0.2, -0.15) is 0 Å². The van der Waals surface area contributed by atoms with E-state index in [9.17, 15) is 13.2 Å². The number of hydrogen-bond acceptors (Lipinski definition) is 4. The van der Waals surface area contributed by atoms with Gasteiger partial charge in [0.25, 0.3) is 15.9 Å². The minimum absolute atomic E-state index is 0.0815. The molecular formula is C19H23N3O3S. The summed E-state index contributed by atoms with van der Waals surface area (Å²) in [5.41, 5.74) is 1.93. The lowest BCUT2D eigenvalue weighted by atomic mass is 10.2. The van der Waals surface area contributed by atoms with Gasteiger partial charge in [0.15, 0.2) is 0 Å². The van der Waals surface area contributed by atoms with Gasteiger partial charge in [-0.15, -0.1) is 0 Å². The summed E-state index contributed by atoms with van der Waals surface area (Å²) < 4.78 is 27.8. The highest BCUT2D eigenvalue weighted by atomic mass is 32.2. The quantitative estimate of drug-likeness (QED) is 0.892. The minimum Gasteiger partial charge on any atom is -0.336 e. The third-order valence-corrected chi connectivity index (χ3v) is 5.86. The molecule has 1 heterocycles. The maximum absolute atomic E-state index is 12.7. The van der Waals surface area contributed by atoms with Crippen molar-refractivity contribution < 1.29 is 13.2 Å². The van der Waals surface area contributed by atoms with Crippen molar-refractivity contribution in [1.82, 2.24) is 9.80 Å². The fourth-order valence-corrected chi connectivity index (χ4v) is 3.93.